The number of aromatic nitrogens is 2. The minimum atomic E-state index is -4.00. The van der Waals surface area contributed by atoms with E-state index < -0.39 is 10.0 Å². The zero-order valence-corrected chi connectivity index (χ0v) is 25.8. The Kier molecular flexibility index (Phi) is 9.85. The first-order chi connectivity index (χ1) is 20.0. The maximum absolute atomic E-state index is 13.6. The van der Waals surface area contributed by atoms with Gasteiger partial charge < -0.3 is 18.9 Å². The van der Waals surface area contributed by atoms with E-state index >= 15 is 0 Å². The van der Waals surface area contributed by atoms with Crippen molar-refractivity contribution < 1.29 is 27.4 Å². The first kappa shape index (κ1) is 31.0. The van der Waals surface area contributed by atoms with E-state index in [1.165, 1.54) is 9.13 Å². The number of methoxy groups -OCH3 is 1. The number of anilines is 1. The Morgan fingerprint density at radius 1 is 0.857 bits per heavy atom. The van der Waals surface area contributed by atoms with Crippen LogP contribution in [0.2, 0.25) is 0 Å². The van der Waals surface area contributed by atoms with Gasteiger partial charge in [0.05, 0.1) is 34.8 Å². The van der Waals surface area contributed by atoms with Gasteiger partial charge in [0.1, 0.15) is 17.2 Å². The average molecular weight is 598 g/mol. The number of fused-ring (bicyclic) bond motifs is 1. The van der Waals surface area contributed by atoms with Crippen LogP contribution in [0, 0.1) is 0 Å². The molecule has 0 bridgehead atoms. The van der Waals surface area contributed by atoms with Gasteiger partial charge in [0.15, 0.2) is 5.75 Å². The minimum Gasteiger partial charge on any atom is -0.493 e. The van der Waals surface area contributed by atoms with E-state index in [1.807, 2.05) is 26.8 Å². The highest BCUT2D eigenvalue weighted by Gasteiger charge is 2.21. The van der Waals surface area contributed by atoms with E-state index in [4.69, 9.17) is 18.9 Å². The second-order valence-corrected chi connectivity index (χ2v) is 12.0. The maximum atomic E-state index is 13.6. The standard InChI is InChI=1S/C31H39N3O7S/c1-7-12-39-23-16-24(40-14-9-13-38-6)18-25(17-23)41-30-20-29-28(33(4)31(35)34(29)5)19-27(30)32-42(36,37)26-11-8-10-22(15-26)21(2)3/h8,10-11,15-21,32H,7,9,12-14H2,1-6H3. The van der Waals surface area contributed by atoms with Gasteiger partial charge in [0.25, 0.3) is 10.0 Å². The van der Waals surface area contributed by atoms with Gasteiger partial charge in [0, 0.05) is 58.5 Å². The number of aryl methyl sites for hydroxylation is 2. The normalized spacial score (nSPS) is 11.7. The van der Waals surface area contributed by atoms with Crippen molar-refractivity contribution in [3.63, 3.8) is 0 Å². The Bertz CT molecular complexity index is 1710. The molecular weight excluding hydrogens is 558 g/mol. The first-order valence-electron chi connectivity index (χ1n) is 13.9. The van der Waals surface area contributed by atoms with Gasteiger partial charge in [-0.2, -0.15) is 0 Å². The van der Waals surface area contributed by atoms with Crippen molar-refractivity contribution in [2.24, 2.45) is 14.1 Å². The van der Waals surface area contributed by atoms with Crippen LogP contribution in [-0.4, -0.2) is 44.5 Å². The summed E-state index contributed by atoms with van der Waals surface area (Å²) in [7, 11) is 0.926. The number of nitrogens with one attached hydrogen (secondary N) is 1. The highest BCUT2D eigenvalue weighted by Crippen LogP contribution is 2.38. The van der Waals surface area contributed by atoms with Crippen molar-refractivity contribution in [3.8, 4) is 23.0 Å². The highest BCUT2D eigenvalue weighted by atomic mass is 32.2. The van der Waals surface area contributed by atoms with Gasteiger partial charge in [-0.1, -0.05) is 32.9 Å². The van der Waals surface area contributed by atoms with Gasteiger partial charge in [0.2, 0.25) is 0 Å². The third kappa shape index (κ3) is 7.08. The van der Waals surface area contributed by atoms with Crippen molar-refractivity contribution in [1.29, 1.82) is 0 Å². The van der Waals surface area contributed by atoms with Crippen molar-refractivity contribution in [2.75, 3.05) is 31.7 Å². The molecule has 0 aliphatic rings. The molecule has 0 saturated heterocycles. The van der Waals surface area contributed by atoms with E-state index in [1.54, 1.807) is 69.7 Å². The summed E-state index contributed by atoms with van der Waals surface area (Å²) < 4.78 is 56.0. The first-order valence-corrected chi connectivity index (χ1v) is 15.4. The molecule has 1 heterocycles. The van der Waals surface area contributed by atoms with Crippen LogP contribution in [0.4, 0.5) is 5.69 Å². The molecule has 4 rings (SSSR count). The molecule has 3 aromatic carbocycles. The number of benzene rings is 3. The van der Waals surface area contributed by atoms with Gasteiger partial charge in [-0.3, -0.25) is 13.9 Å². The predicted octanol–water partition coefficient (Wildman–Crippen LogP) is 5.80. The Morgan fingerprint density at radius 3 is 2.14 bits per heavy atom. The van der Waals surface area contributed by atoms with Crippen molar-refractivity contribution in [2.45, 2.75) is 44.4 Å². The average Bonchev–Trinajstić information content (AvgIpc) is 3.17. The Balaban J connectivity index is 1.78. The number of sulfonamides is 1. The monoisotopic (exact) mass is 597 g/mol. The zero-order valence-electron chi connectivity index (χ0n) is 25.0. The second-order valence-electron chi connectivity index (χ2n) is 10.4. The van der Waals surface area contributed by atoms with E-state index in [9.17, 15) is 13.2 Å². The lowest BCUT2D eigenvalue weighted by Crippen LogP contribution is -2.19. The summed E-state index contributed by atoms with van der Waals surface area (Å²) in [5.41, 5.74) is 1.96. The number of ether oxygens (including phenoxy) is 4. The molecule has 42 heavy (non-hydrogen) atoms. The summed E-state index contributed by atoms with van der Waals surface area (Å²) in [4.78, 5) is 12.8. The van der Waals surface area contributed by atoms with Crippen molar-refractivity contribution in [1.82, 2.24) is 9.13 Å². The summed E-state index contributed by atoms with van der Waals surface area (Å²) in [6.07, 6.45) is 1.52. The summed E-state index contributed by atoms with van der Waals surface area (Å²) in [5.74, 6) is 1.84. The molecule has 0 radical (unpaired) electrons. The lowest BCUT2D eigenvalue weighted by molar-refractivity contribution is 0.172. The smallest absolute Gasteiger partial charge is 0.328 e. The van der Waals surface area contributed by atoms with Gasteiger partial charge >= 0.3 is 5.69 Å². The van der Waals surface area contributed by atoms with E-state index in [0.717, 1.165) is 12.0 Å². The topological polar surface area (TPSA) is 110 Å². The molecule has 226 valence electrons. The summed E-state index contributed by atoms with van der Waals surface area (Å²) in [6.45, 7) is 7.52. The Labute approximate surface area is 246 Å². The zero-order chi connectivity index (χ0) is 30.4. The molecule has 0 spiro atoms. The molecule has 0 saturated carbocycles. The van der Waals surface area contributed by atoms with Crippen LogP contribution in [0.5, 0.6) is 23.0 Å². The molecule has 0 unspecified atom stereocenters. The quantitative estimate of drug-likeness (QED) is 0.183. The molecule has 1 aromatic heterocycles. The second kappa shape index (κ2) is 13.3. The van der Waals surface area contributed by atoms with Crippen LogP contribution in [0.25, 0.3) is 11.0 Å². The molecule has 4 aromatic rings. The largest absolute Gasteiger partial charge is 0.493 e. The van der Waals surface area contributed by atoms with Crippen LogP contribution < -0.4 is 24.6 Å². The van der Waals surface area contributed by atoms with Crippen LogP contribution in [0.15, 0.2) is 64.3 Å². The molecule has 10 nitrogen and oxygen atoms in total. The third-order valence-electron chi connectivity index (χ3n) is 6.77. The lowest BCUT2D eigenvalue weighted by Gasteiger charge is -2.17. The lowest BCUT2D eigenvalue weighted by atomic mass is 10.0. The summed E-state index contributed by atoms with van der Waals surface area (Å²) in [6, 6.07) is 15.3. The molecule has 0 amide bonds. The SMILES string of the molecule is CCCOc1cc(OCCCOC)cc(Oc2cc3c(cc2NS(=O)(=O)c2cccc(C(C)C)c2)n(C)c(=O)n3C)c1. The number of imidazole rings is 1. The summed E-state index contributed by atoms with van der Waals surface area (Å²) >= 11 is 0. The highest BCUT2D eigenvalue weighted by molar-refractivity contribution is 7.92. The number of hydrogen-bond donors (Lipinski definition) is 1. The van der Waals surface area contributed by atoms with Crippen LogP contribution in [-0.2, 0) is 28.9 Å². The van der Waals surface area contributed by atoms with Crippen molar-refractivity contribution >= 4 is 26.7 Å². The van der Waals surface area contributed by atoms with E-state index in [0.29, 0.717) is 54.5 Å². The summed E-state index contributed by atoms with van der Waals surface area (Å²) in [5, 5.41) is 0. The number of hydrogen-bond acceptors (Lipinski definition) is 7. The van der Waals surface area contributed by atoms with Gasteiger partial charge in [-0.05, 0) is 36.1 Å². The van der Waals surface area contributed by atoms with Crippen molar-refractivity contribution in [3.05, 3.63) is 70.6 Å². The number of nitrogens with zero attached hydrogens (tertiary/aromatic N) is 2. The fraction of sp³-hybridized carbons (Fsp3) is 0.387. The minimum absolute atomic E-state index is 0.128. The molecule has 11 heteroatoms. The fourth-order valence-corrected chi connectivity index (χ4v) is 5.56. The molecule has 0 aliphatic carbocycles. The number of rotatable bonds is 14. The van der Waals surface area contributed by atoms with Gasteiger partial charge in [-0.25, -0.2) is 13.2 Å². The maximum Gasteiger partial charge on any atom is 0.328 e. The van der Waals surface area contributed by atoms with Crippen LogP contribution in [0.3, 0.4) is 0 Å². The molecule has 0 fully saturated rings. The van der Waals surface area contributed by atoms with E-state index in [-0.39, 0.29) is 27.9 Å². The molecule has 0 atom stereocenters. The molecular formula is C31H39N3O7S. The van der Waals surface area contributed by atoms with Gasteiger partial charge in [-0.15, -0.1) is 0 Å². The Morgan fingerprint density at radius 2 is 1.50 bits per heavy atom. The molecule has 0 aliphatic heterocycles. The fourth-order valence-electron chi connectivity index (χ4n) is 4.45. The molecule has 1 N–H and O–H groups in total. The Hall–Kier alpha value is -3.96. The van der Waals surface area contributed by atoms with Crippen LogP contribution in [0.1, 0.15) is 45.1 Å². The predicted molar refractivity (Wildman–Crippen MR) is 164 cm³/mol. The third-order valence-corrected chi connectivity index (χ3v) is 8.13. The van der Waals surface area contributed by atoms with Crippen LogP contribution >= 0.6 is 0 Å². The van der Waals surface area contributed by atoms with E-state index in [2.05, 4.69) is 4.72 Å².